The number of aliphatic hydroxyl groups excluding tert-OH is 1. The molecule has 0 spiro atoms. The van der Waals surface area contributed by atoms with Crippen molar-refractivity contribution in [3.8, 4) is 0 Å². The Kier molecular flexibility index (Phi) is 4.92. The average molecular weight is 243 g/mol. The molecule has 0 aliphatic heterocycles. The molecule has 2 N–H and O–H groups in total. The summed E-state index contributed by atoms with van der Waals surface area (Å²) in [5.41, 5.74) is 2.03. The number of benzene rings is 1. The zero-order valence-corrected chi connectivity index (χ0v) is 10.1. The van der Waals surface area contributed by atoms with Crippen molar-refractivity contribution in [2.45, 2.75) is 19.9 Å². The second-order valence-corrected chi connectivity index (χ2v) is 5.57. The van der Waals surface area contributed by atoms with Crippen LogP contribution < -0.4 is 4.72 Å². The van der Waals surface area contributed by atoms with Gasteiger partial charge in [-0.15, -0.1) is 0 Å². The summed E-state index contributed by atoms with van der Waals surface area (Å²) in [4.78, 5) is 0. The third-order valence-electron chi connectivity index (χ3n) is 2.31. The van der Waals surface area contributed by atoms with Crippen LogP contribution in [-0.4, -0.2) is 25.9 Å². The predicted molar refractivity (Wildman–Crippen MR) is 63.5 cm³/mol. The van der Waals surface area contributed by atoms with Crippen molar-refractivity contribution < 1.29 is 13.5 Å². The highest BCUT2D eigenvalue weighted by Gasteiger charge is 2.09. The van der Waals surface area contributed by atoms with E-state index >= 15 is 0 Å². The number of aryl methyl sites for hydroxylation is 1. The molecule has 0 aromatic heterocycles. The van der Waals surface area contributed by atoms with Crippen molar-refractivity contribution in [3.63, 3.8) is 0 Å². The van der Waals surface area contributed by atoms with Crippen LogP contribution in [0.3, 0.4) is 0 Å². The van der Waals surface area contributed by atoms with E-state index in [2.05, 4.69) is 4.72 Å². The van der Waals surface area contributed by atoms with E-state index in [1.54, 1.807) is 0 Å². The van der Waals surface area contributed by atoms with Crippen LogP contribution in [0.25, 0.3) is 0 Å². The van der Waals surface area contributed by atoms with Gasteiger partial charge in [-0.05, 0) is 24.5 Å². The van der Waals surface area contributed by atoms with Gasteiger partial charge in [-0.25, -0.2) is 13.1 Å². The summed E-state index contributed by atoms with van der Waals surface area (Å²) in [5.74, 6) is -0.0324. The van der Waals surface area contributed by atoms with Gasteiger partial charge in [0.1, 0.15) is 0 Å². The second-order valence-electron chi connectivity index (χ2n) is 3.64. The van der Waals surface area contributed by atoms with Gasteiger partial charge < -0.3 is 5.11 Å². The van der Waals surface area contributed by atoms with Crippen molar-refractivity contribution in [1.29, 1.82) is 0 Å². The van der Waals surface area contributed by atoms with E-state index in [-0.39, 0.29) is 18.8 Å². The van der Waals surface area contributed by atoms with Gasteiger partial charge in [0.15, 0.2) is 0 Å². The lowest BCUT2D eigenvalue weighted by atomic mass is 10.1. The number of sulfonamides is 1. The fraction of sp³-hybridized carbons (Fsp3) is 0.455. The normalized spacial score (nSPS) is 11.6. The molecular formula is C11H17NO3S. The molecular weight excluding hydrogens is 226 g/mol. The molecule has 0 bridgehead atoms. The first kappa shape index (κ1) is 13.2. The quantitative estimate of drug-likeness (QED) is 0.776. The number of nitrogens with one attached hydrogen (secondary N) is 1. The third kappa shape index (κ3) is 4.30. The van der Waals surface area contributed by atoms with Gasteiger partial charge in [-0.3, -0.25) is 0 Å². The first-order valence-electron chi connectivity index (χ1n) is 5.18. The van der Waals surface area contributed by atoms with Crippen LogP contribution in [0.15, 0.2) is 24.3 Å². The van der Waals surface area contributed by atoms with Crippen molar-refractivity contribution in [1.82, 2.24) is 4.72 Å². The van der Waals surface area contributed by atoms with Gasteiger partial charge in [0.05, 0.1) is 5.75 Å². The Labute approximate surface area is 96.4 Å². The summed E-state index contributed by atoms with van der Waals surface area (Å²) in [6.07, 6.45) is 0.267. The summed E-state index contributed by atoms with van der Waals surface area (Å²) in [6, 6.07) is 7.63. The fourth-order valence-electron chi connectivity index (χ4n) is 1.32. The van der Waals surface area contributed by atoms with Crippen LogP contribution in [0.2, 0.25) is 0 Å². The average Bonchev–Trinajstić information content (AvgIpc) is 2.26. The number of hydrogen-bond acceptors (Lipinski definition) is 3. The minimum absolute atomic E-state index is 0.0324. The number of aliphatic hydroxyl groups is 1. The lowest BCUT2D eigenvalue weighted by molar-refractivity contribution is 0.295. The van der Waals surface area contributed by atoms with Gasteiger partial charge in [0, 0.05) is 13.2 Å². The Balaban J connectivity index is 2.55. The zero-order valence-electron chi connectivity index (χ0n) is 9.31. The summed E-state index contributed by atoms with van der Waals surface area (Å²) in [5, 5.41) is 8.57. The molecule has 0 atom stereocenters. The molecule has 0 saturated heterocycles. The van der Waals surface area contributed by atoms with Crippen LogP contribution >= 0.6 is 0 Å². The summed E-state index contributed by atoms with van der Waals surface area (Å²) < 4.78 is 25.4. The van der Waals surface area contributed by atoms with E-state index < -0.39 is 10.0 Å². The summed E-state index contributed by atoms with van der Waals surface area (Å²) in [7, 11) is -3.27. The molecule has 16 heavy (non-hydrogen) atoms. The van der Waals surface area contributed by atoms with Crippen LogP contribution in [0, 0.1) is 6.92 Å². The van der Waals surface area contributed by atoms with Crippen molar-refractivity contribution in [2.24, 2.45) is 0 Å². The minimum atomic E-state index is -3.27. The van der Waals surface area contributed by atoms with Crippen molar-refractivity contribution in [3.05, 3.63) is 35.4 Å². The lowest BCUT2D eigenvalue weighted by Crippen LogP contribution is -2.26. The SMILES string of the molecule is Cc1ccccc1CNS(=O)(=O)CCCO. The molecule has 0 radical (unpaired) electrons. The van der Waals surface area contributed by atoms with E-state index in [4.69, 9.17) is 5.11 Å². The minimum Gasteiger partial charge on any atom is -0.396 e. The van der Waals surface area contributed by atoms with Gasteiger partial charge in [-0.2, -0.15) is 0 Å². The van der Waals surface area contributed by atoms with E-state index in [0.717, 1.165) is 11.1 Å². The molecule has 0 amide bonds. The molecule has 0 aliphatic carbocycles. The molecule has 0 saturated carbocycles. The van der Waals surface area contributed by atoms with E-state index in [1.165, 1.54) is 0 Å². The molecule has 1 aromatic carbocycles. The van der Waals surface area contributed by atoms with Crippen LogP contribution in [0.5, 0.6) is 0 Å². The Morgan fingerprint density at radius 3 is 2.62 bits per heavy atom. The molecule has 5 heteroatoms. The molecule has 0 fully saturated rings. The number of hydrogen-bond donors (Lipinski definition) is 2. The maximum atomic E-state index is 11.5. The highest BCUT2D eigenvalue weighted by Crippen LogP contribution is 2.06. The predicted octanol–water partition coefficient (Wildman–Crippen LogP) is 0.797. The lowest BCUT2D eigenvalue weighted by Gasteiger charge is -2.08. The summed E-state index contributed by atoms with van der Waals surface area (Å²) in [6.45, 7) is 2.14. The highest BCUT2D eigenvalue weighted by atomic mass is 32.2. The Bertz CT molecular complexity index is 429. The highest BCUT2D eigenvalue weighted by molar-refractivity contribution is 7.89. The van der Waals surface area contributed by atoms with Crippen molar-refractivity contribution >= 4 is 10.0 Å². The third-order valence-corrected chi connectivity index (χ3v) is 3.73. The van der Waals surface area contributed by atoms with Gasteiger partial charge in [-0.1, -0.05) is 24.3 Å². The monoisotopic (exact) mass is 243 g/mol. The van der Waals surface area contributed by atoms with Crippen molar-refractivity contribution in [2.75, 3.05) is 12.4 Å². The second kappa shape index (κ2) is 5.98. The Morgan fingerprint density at radius 1 is 1.31 bits per heavy atom. The van der Waals surface area contributed by atoms with E-state index in [0.29, 0.717) is 6.54 Å². The van der Waals surface area contributed by atoms with Gasteiger partial charge in [0.2, 0.25) is 10.0 Å². The first-order chi connectivity index (χ1) is 7.55. The van der Waals surface area contributed by atoms with Gasteiger partial charge in [0.25, 0.3) is 0 Å². The van der Waals surface area contributed by atoms with Crippen LogP contribution in [0.1, 0.15) is 17.5 Å². The maximum absolute atomic E-state index is 11.5. The Morgan fingerprint density at radius 2 is 2.00 bits per heavy atom. The molecule has 1 rings (SSSR count). The van der Waals surface area contributed by atoms with Gasteiger partial charge >= 0.3 is 0 Å². The number of rotatable bonds is 6. The fourth-order valence-corrected chi connectivity index (χ4v) is 2.35. The topological polar surface area (TPSA) is 66.4 Å². The largest absolute Gasteiger partial charge is 0.396 e. The Hall–Kier alpha value is -0.910. The molecule has 0 heterocycles. The van der Waals surface area contributed by atoms with E-state index in [1.807, 2.05) is 31.2 Å². The first-order valence-corrected chi connectivity index (χ1v) is 6.83. The molecule has 4 nitrogen and oxygen atoms in total. The van der Waals surface area contributed by atoms with Crippen LogP contribution in [0.4, 0.5) is 0 Å². The standard InChI is InChI=1S/C11H17NO3S/c1-10-5-2-3-6-11(10)9-12-16(14,15)8-4-7-13/h2-3,5-6,12-13H,4,7-9H2,1H3. The zero-order chi connectivity index (χ0) is 12.0. The summed E-state index contributed by atoms with van der Waals surface area (Å²) >= 11 is 0. The molecule has 0 aliphatic rings. The van der Waals surface area contributed by atoms with Crippen LogP contribution in [-0.2, 0) is 16.6 Å². The van der Waals surface area contributed by atoms with E-state index in [9.17, 15) is 8.42 Å². The molecule has 90 valence electrons. The molecule has 0 unspecified atom stereocenters. The molecule has 1 aromatic rings. The maximum Gasteiger partial charge on any atom is 0.211 e. The smallest absolute Gasteiger partial charge is 0.211 e.